The molecule has 7 fully saturated rings. The van der Waals surface area contributed by atoms with E-state index in [9.17, 15) is 19.5 Å². The monoisotopic (exact) mass is 751 g/mol. The van der Waals surface area contributed by atoms with Gasteiger partial charge in [0.2, 0.25) is 17.7 Å². The van der Waals surface area contributed by atoms with Crippen molar-refractivity contribution >= 4 is 17.7 Å². The molecule has 9 nitrogen and oxygen atoms in total. The third-order valence-electron chi connectivity index (χ3n) is 15.3. The lowest BCUT2D eigenvalue weighted by Crippen LogP contribution is -2.53. The van der Waals surface area contributed by atoms with Gasteiger partial charge in [-0.05, 0) is 165 Å². The van der Waals surface area contributed by atoms with Gasteiger partial charge in [0.05, 0.1) is 12.2 Å². The molecule has 304 valence electrons. The topological polar surface area (TPSA) is 102 Å². The first-order chi connectivity index (χ1) is 26.4. The molecule has 0 aromatic carbocycles. The predicted molar refractivity (Wildman–Crippen MR) is 213 cm³/mol. The van der Waals surface area contributed by atoms with Crippen molar-refractivity contribution < 1.29 is 24.2 Å². The van der Waals surface area contributed by atoms with Gasteiger partial charge < -0.3 is 19.6 Å². The van der Waals surface area contributed by atoms with E-state index in [2.05, 4.69) is 22.0 Å². The summed E-state index contributed by atoms with van der Waals surface area (Å²) in [5, 5.41) is 12.7. The van der Waals surface area contributed by atoms with E-state index in [0.717, 1.165) is 76.6 Å². The molecule has 0 bridgehead atoms. The fourth-order valence-electron chi connectivity index (χ4n) is 12.3. The summed E-state index contributed by atoms with van der Waals surface area (Å²) in [6.07, 6.45) is 26.7. The van der Waals surface area contributed by atoms with Gasteiger partial charge in [-0.1, -0.05) is 37.3 Å². The van der Waals surface area contributed by atoms with Crippen LogP contribution in [-0.4, -0.2) is 108 Å². The molecule has 4 aliphatic carbocycles. The van der Waals surface area contributed by atoms with Crippen molar-refractivity contribution in [2.24, 2.45) is 29.6 Å². The summed E-state index contributed by atoms with van der Waals surface area (Å²) >= 11 is 0. The number of allylic oxidation sites excluding steroid dienone is 2. The molecule has 4 atom stereocenters. The van der Waals surface area contributed by atoms with Gasteiger partial charge in [-0.2, -0.15) is 0 Å². The lowest BCUT2D eigenvalue weighted by Gasteiger charge is -2.39. The Balaban J connectivity index is 0.787. The number of hydrogen-bond acceptors (Lipinski definition) is 7. The van der Waals surface area contributed by atoms with Gasteiger partial charge >= 0.3 is 0 Å². The minimum absolute atomic E-state index is 0.0481. The molecule has 0 aromatic rings. The number of carbonyl (C=O) groups is 3. The highest BCUT2D eigenvalue weighted by atomic mass is 16.5. The Morgan fingerprint density at radius 1 is 0.759 bits per heavy atom. The molecule has 9 heteroatoms. The quantitative estimate of drug-likeness (QED) is 0.119. The number of piperidine rings is 1. The number of carbonyl (C=O) groups excluding carboxylic acids is 3. The van der Waals surface area contributed by atoms with Gasteiger partial charge in [0, 0.05) is 44.6 Å². The Bertz CT molecular complexity index is 1280. The molecule has 0 spiro atoms. The Labute approximate surface area is 326 Å². The molecule has 3 saturated heterocycles. The molecule has 2 N–H and O–H groups in total. The molecular weight excluding hydrogens is 677 g/mol. The summed E-state index contributed by atoms with van der Waals surface area (Å²) in [4.78, 5) is 44.6. The zero-order chi connectivity index (χ0) is 37.4. The van der Waals surface area contributed by atoms with Crippen molar-refractivity contribution in [2.45, 2.75) is 179 Å². The second kappa shape index (κ2) is 19.6. The van der Waals surface area contributed by atoms with Crippen LogP contribution in [0.25, 0.3) is 0 Å². The minimum atomic E-state index is -0.470. The van der Waals surface area contributed by atoms with E-state index < -0.39 is 6.04 Å². The average Bonchev–Trinajstić information content (AvgIpc) is 3.33. The maximum Gasteiger partial charge on any atom is 0.249 e. The molecule has 3 amide bonds. The minimum Gasteiger partial charge on any atom is -0.393 e. The number of aliphatic hydroxyl groups is 1. The van der Waals surface area contributed by atoms with Crippen LogP contribution in [0.4, 0.5) is 0 Å². The summed E-state index contributed by atoms with van der Waals surface area (Å²) < 4.78 is 6.53. The van der Waals surface area contributed by atoms with Crippen LogP contribution in [0.1, 0.15) is 155 Å². The number of imide groups is 1. The number of likely N-dealkylation sites (tertiary alicyclic amines) is 1. The van der Waals surface area contributed by atoms with E-state index in [0.29, 0.717) is 43.4 Å². The van der Waals surface area contributed by atoms with E-state index >= 15 is 0 Å². The summed E-state index contributed by atoms with van der Waals surface area (Å²) in [7, 11) is 0. The van der Waals surface area contributed by atoms with Crippen molar-refractivity contribution in [3.8, 4) is 0 Å². The molecule has 3 heterocycles. The molecule has 7 aliphatic rings. The fraction of sp³-hybridized carbons (Fsp3) is 0.889. The number of hydrogen-bond donors (Lipinski definition) is 2. The number of nitrogens with one attached hydrogen (secondary N) is 1. The third kappa shape index (κ3) is 10.0. The van der Waals surface area contributed by atoms with Crippen molar-refractivity contribution in [3.05, 3.63) is 11.1 Å². The van der Waals surface area contributed by atoms with E-state index in [4.69, 9.17) is 4.74 Å². The highest BCUT2D eigenvalue weighted by molar-refractivity contribution is 6.02. The summed E-state index contributed by atoms with van der Waals surface area (Å²) in [5.41, 5.74) is 3.70. The molecule has 54 heavy (non-hydrogen) atoms. The van der Waals surface area contributed by atoms with Gasteiger partial charge in [0.15, 0.2) is 0 Å². The van der Waals surface area contributed by atoms with E-state index in [1.165, 1.54) is 109 Å². The maximum atomic E-state index is 13.3. The molecule has 0 radical (unpaired) electrons. The predicted octanol–water partition coefficient (Wildman–Crippen LogP) is 7.01. The number of aliphatic hydroxyl groups excluding tert-OH is 1. The molecule has 4 unspecified atom stereocenters. The molecule has 0 aromatic heterocycles. The fourth-order valence-corrected chi connectivity index (χ4v) is 12.3. The van der Waals surface area contributed by atoms with Gasteiger partial charge in [-0.15, -0.1) is 0 Å². The Morgan fingerprint density at radius 3 is 2.26 bits per heavy atom. The van der Waals surface area contributed by atoms with Crippen molar-refractivity contribution in [3.63, 3.8) is 0 Å². The SMILES string of the molecule is CC/C(=C(\C1CCC(O)CC1)C1CCC(OCCCCCN2CCCN(C3CCC4C(=O)N(C5CCC(=O)NC5=O)CC4C3)CC2)CC1)C1CCCCC1. The van der Waals surface area contributed by atoms with Gasteiger partial charge in [0.1, 0.15) is 6.04 Å². The van der Waals surface area contributed by atoms with Crippen LogP contribution in [0.2, 0.25) is 0 Å². The second-order valence-corrected chi connectivity index (χ2v) is 18.6. The number of amides is 3. The molecule has 4 saturated carbocycles. The van der Waals surface area contributed by atoms with Gasteiger partial charge in [-0.3, -0.25) is 24.6 Å². The second-order valence-electron chi connectivity index (χ2n) is 18.6. The highest BCUT2D eigenvalue weighted by Gasteiger charge is 2.49. The first-order valence-corrected chi connectivity index (χ1v) is 23.0. The Morgan fingerprint density at radius 2 is 1.52 bits per heavy atom. The summed E-state index contributed by atoms with van der Waals surface area (Å²) in [5.74, 6) is 2.27. The lowest BCUT2D eigenvalue weighted by atomic mass is 9.68. The molecule has 7 rings (SSSR count). The van der Waals surface area contributed by atoms with E-state index in [-0.39, 0.29) is 29.7 Å². The van der Waals surface area contributed by atoms with E-state index in [1.807, 2.05) is 11.1 Å². The summed E-state index contributed by atoms with van der Waals surface area (Å²) in [6, 6.07) is 0.0595. The van der Waals surface area contributed by atoms with Crippen molar-refractivity contribution in [1.29, 1.82) is 0 Å². The number of ether oxygens (including phenoxy) is 1. The third-order valence-corrected chi connectivity index (χ3v) is 15.3. The van der Waals surface area contributed by atoms with Crippen LogP contribution in [0.3, 0.4) is 0 Å². The zero-order valence-corrected chi connectivity index (χ0v) is 33.8. The van der Waals surface area contributed by atoms with Crippen LogP contribution < -0.4 is 5.32 Å². The molecule has 3 aliphatic heterocycles. The number of unbranched alkanes of at least 4 members (excludes halogenated alkanes) is 2. The van der Waals surface area contributed by atoms with E-state index in [1.54, 1.807) is 4.90 Å². The standard InChI is InChI=1S/C45H74N4O5/c1-2-39(32-10-5-3-6-11-32)43(33-12-17-37(50)18-13-33)34-14-19-38(20-15-34)54-29-8-4-7-24-47-25-9-26-48(28-27-47)36-16-21-40-35(30-36)31-49(45(40)53)41-22-23-42(51)46-44(41)52/h32-38,40-41,50H,2-31H2,1H3,(H,46,51,52)/b43-39-. The number of fused-ring (bicyclic) bond motifs is 1. The Hall–Kier alpha value is -1.81. The van der Waals surface area contributed by atoms with Crippen LogP contribution in [0, 0.1) is 29.6 Å². The largest absolute Gasteiger partial charge is 0.393 e. The highest BCUT2D eigenvalue weighted by Crippen LogP contribution is 2.46. The average molecular weight is 751 g/mol. The first kappa shape index (κ1) is 40.4. The first-order valence-electron chi connectivity index (χ1n) is 23.0. The van der Waals surface area contributed by atoms with Crippen LogP contribution in [0.5, 0.6) is 0 Å². The van der Waals surface area contributed by atoms with Crippen LogP contribution in [-0.2, 0) is 19.1 Å². The van der Waals surface area contributed by atoms with Crippen LogP contribution in [0.15, 0.2) is 11.1 Å². The van der Waals surface area contributed by atoms with Crippen molar-refractivity contribution in [2.75, 3.05) is 45.9 Å². The number of rotatable bonds is 13. The van der Waals surface area contributed by atoms with Crippen molar-refractivity contribution in [1.82, 2.24) is 20.0 Å². The normalized spacial score (nSPS) is 35.7. The zero-order valence-electron chi connectivity index (χ0n) is 33.8. The lowest BCUT2D eigenvalue weighted by molar-refractivity contribution is -0.144. The Kier molecular flexibility index (Phi) is 14.6. The molecular formula is C45H74N4O5. The number of nitrogens with zero attached hydrogens (tertiary/aromatic N) is 3. The maximum absolute atomic E-state index is 13.3. The van der Waals surface area contributed by atoms with Crippen LogP contribution >= 0.6 is 0 Å². The smallest absolute Gasteiger partial charge is 0.249 e. The summed E-state index contributed by atoms with van der Waals surface area (Å²) in [6.45, 7) is 9.73. The van der Waals surface area contributed by atoms with Gasteiger partial charge in [-0.25, -0.2) is 0 Å². The van der Waals surface area contributed by atoms with Gasteiger partial charge in [0.25, 0.3) is 0 Å².